The highest BCUT2D eigenvalue weighted by atomic mass is 79.9. The van der Waals surface area contributed by atoms with Crippen LogP contribution in [0, 0.1) is 0 Å². The number of hydrazone groups is 1. The average molecular weight is 381 g/mol. The van der Waals surface area contributed by atoms with Crippen LogP contribution in [-0.4, -0.2) is 18.0 Å². The number of nitrogens with zero attached hydrogens (tertiary/aromatic N) is 1. The highest BCUT2D eigenvalue weighted by Crippen LogP contribution is 2.14. The summed E-state index contributed by atoms with van der Waals surface area (Å²) in [6.45, 7) is 0. The Morgan fingerprint density at radius 2 is 1.73 bits per heavy atom. The fraction of sp³-hybridized carbons (Fsp3) is 0. The van der Waals surface area contributed by atoms with E-state index >= 15 is 0 Å². The van der Waals surface area contributed by atoms with E-state index in [1.165, 1.54) is 6.21 Å². The first kappa shape index (κ1) is 16.2. The van der Waals surface area contributed by atoms with Crippen LogP contribution in [0.2, 0.25) is 5.02 Å². The van der Waals surface area contributed by atoms with Gasteiger partial charge in [-0.05, 0) is 30.3 Å². The minimum Gasteiger partial charge on any atom is -0.318 e. The molecule has 0 aliphatic rings. The number of rotatable bonds is 3. The van der Waals surface area contributed by atoms with Crippen LogP contribution in [0.25, 0.3) is 0 Å². The lowest BCUT2D eigenvalue weighted by atomic mass is 10.2. The van der Waals surface area contributed by atoms with E-state index in [9.17, 15) is 9.59 Å². The third-order valence-corrected chi connectivity index (χ3v) is 3.46. The van der Waals surface area contributed by atoms with Gasteiger partial charge in [0.1, 0.15) is 0 Å². The molecule has 0 spiro atoms. The lowest BCUT2D eigenvalue weighted by Gasteiger charge is -2.03. The molecule has 2 rings (SSSR count). The standard InChI is InChI=1S/C15H11BrClN3O2/c16-11-5-7-12(8-6-11)19-14(21)15(22)20-18-9-10-3-1-2-4-13(10)17/h1-9H,(H,19,21)(H,20,22)/b18-9+. The predicted octanol–water partition coefficient (Wildman–Crippen LogP) is 3.19. The van der Waals surface area contributed by atoms with E-state index in [4.69, 9.17) is 11.6 Å². The van der Waals surface area contributed by atoms with E-state index in [0.29, 0.717) is 16.3 Å². The van der Waals surface area contributed by atoms with Crippen LogP contribution in [0.5, 0.6) is 0 Å². The lowest BCUT2D eigenvalue weighted by Crippen LogP contribution is -2.32. The molecule has 0 bridgehead atoms. The Labute approximate surface area is 140 Å². The lowest BCUT2D eigenvalue weighted by molar-refractivity contribution is -0.136. The molecule has 0 atom stereocenters. The van der Waals surface area contributed by atoms with Crippen molar-refractivity contribution in [2.45, 2.75) is 0 Å². The number of halogens is 2. The maximum absolute atomic E-state index is 11.7. The van der Waals surface area contributed by atoms with Gasteiger partial charge in [-0.15, -0.1) is 0 Å². The molecule has 0 saturated carbocycles. The molecule has 0 aliphatic heterocycles. The van der Waals surface area contributed by atoms with Gasteiger partial charge < -0.3 is 5.32 Å². The van der Waals surface area contributed by atoms with Crippen molar-refractivity contribution in [3.63, 3.8) is 0 Å². The van der Waals surface area contributed by atoms with Gasteiger partial charge in [0.15, 0.2) is 0 Å². The number of hydrogen-bond donors (Lipinski definition) is 2. The SMILES string of the molecule is O=C(N/N=C/c1ccccc1Cl)C(=O)Nc1ccc(Br)cc1. The van der Waals surface area contributed by atoms with E-state index in [1.807, 2.05) is 0 Å². The number of carbonyl (C=O) groups excluding carboxylic acids is 2. The molecule has 0 fully saturated rings. The van der Waals surface area contributed by atoms with Crippen molar-refractivity contribution in [2.75, 3.05) is 5.32 Å². The van der Waals surface area contributed by atoms with Crippen LogP contribution in [0.4, 0.5) is 5.69 Å². The van der Waals surface area contributed by atoms with Gasteiger partial charge >= 0.3 is 11.8 Å². The number of carbonyl (C=O) groups is 2. The van der Waals surface area contributed by atoms with Gasteiger partial charge in [0, 0.05) is 20.7 Å². The van der Waals surface area contributed by atoms with Crippen LogP contribution < -0.4 is 10.7 Å². The summed E-state index contributed by atoms with van der Waals surface area (Å²) in [5.41, 5.74) is 3.29. The molecule has 0 heterocycles. The Balaban J connectivity index is 1.90. The molecule has 7 heteroatoms. The van der Waals surface area contributed by atoms with E-state index < -0.39 is 11.8 Å². The summed E-state index contributed by atoms with van der Waals surface area (Å²) in [6.07, 6.45) is 1.37. The van der Waals surface area contributed by atoms with Gasteiger partial charge in [0.05, 0.1) is 6.21 Å². The van der Waals surface area contributed by atoms with E-state index in [-0.39, 0.29) is 0 Å². The third kappa shape index (κ3) is 4.68. The van der Waals surface area contributed by atoms with Crippen LogP contribution in [-0.2, 0) is 9.59 Å². The summed E-state index contributed by atoms with van der Waals surface area (Å²) >= 11 is 9.22. The average Bonchev–Trinajstić information content (AvgIpc) is 2.51. The van der Waals surface area contributed by atoms with Crippen molar-refractivity contribution in [3.05, 3.63) is 63.6 Å². The van der Waals surface area contributed by atoms with Crippen molar-refractivity contribution >= 4 is 51.2 Å². The molecule has 2 N–H and O–H groups in total. The zero-order chi connectivity index (χ0) is 15.9. The van der Waals surface area contributed by atoms with Crippen molar-refractivity contribution in [1.82, 2.24) is 5.43 Å². The van der Waals surface area contributed by atoms with Gasteiger partial charge in [0.2, 0.25) is 0 Å². The molecule has 0 unspecified atom stereocenters. The highest BCUT2D eigenvalue weighted by Gasteiger charge is 2.12. The minimum atomic E-state index is -0.869. The molecule has 0 radical (unpaired) electrons. The number of nitrogens with one attached hydrogen (secondary N) is 2. The summed E-state index contributed by atoms with van der Waals surface area (Å²) < 4.78 is 0.874. The maximum Gasteiger partial charge on any atom is 0.329 e. The first-order valence-electron chi connectivity index (χ1n) is 6.21. The summed E-state index contributed by atoms with van der Waals surface area (Å²) in [5.74, 6) is -1.68. The first-order chi connectivity index (χ1) is 10.6. The van der Waals surface area contributed by atoms with Gasteiger partial charge in [-0.2, -0.15) is 5.10 Å². The number of amides is 2. The molecule has 2 amide bonds. The Hall–Kier alpha value is -2.18. The number of benzene rings is 2. The molecular weight excluding hydrogens is 370 g/mol. The third-order valence-electron chi connectivity index (χ3n) is 2.58. The van der Waals surface area contributed by atoms with E-state index in [1.54, 1.807) is 48.5 Å². The predicted molar refractivity (Wildman–Crippen MR) is 90.0 cm³/mol. The molecule has 112 valence electrons. The quantitative estimate of drug-likeness (QED) is 0.488. The molecular formula is C15H11BrClN3O2. The second-order valence-electron chi connectivity index (χ2n) is 4.18. The van der Waals surface area contributed by atoms with Crippen LogP contribution in [0.1, 0.15) is 5.56 Å². The minimum absolute atomic E-state index is 0.500. The monoisotopic (exact) mass is 379 g/mol. The Morgan fingerprint density at radius 1 is 1.05 bits per heavy atom. The van der Waals surface area contributed by atoms with Crippen molar-refractivity contribution < 1.29 is 9.59 Å². The van der Waals surface area contributed by atoms with Crippen molar-refractivity contribution in [2.24, 2.45) is 5.10 Å². The fourth-order valence-electron chi connectivity index (χ4n) is 1.51. The van der Waals surface area contributed by atoms with Crippen molar-refractivity contribution in [3.8, 4) is 0 Å². The zero-order valence-electron chi connectivity index (χ0n) is 11.2. The molecule has 2 aromatic carbocycles. The van der Waals surface area contributed by atoms with Gasteiger partial charge in [-0.3, -0.25) is 9.59 Å². The largest absolute Gasteiger partial charge is 0.329 e. The Kier molecular flexibility index (Phi) is 5.68. The normalized spacial score (nSPS) is 10.5. The van der Waals surface area contributed by atoms with E-state index in [2.05, 4.69) is 31.8 Å². The first-order valence-corrected chi connectivity index (χ1v) is 7.38. The molecule has 22 heavy (non-hydrogen) atoms. The topological polar surface area (TPSA) is 70.6 Å². The molecule has 2 aromatic rings. The number of hydrogen-bond acceptors (Lipinski definition) is 3. The summed E-state index contributed by atoms with van der Waals surface area (Å²) in [4.78, 5) is 23.3. The van der Waals surface area contributed by atoms with Crippen molar-refractivity contribution in [1.29, 1.82) is 0 Å². The maximum atomic E-state index is 11.7. The second kappa shape index (κ2) is 7.72. The molecule has 5 nitrogen and oxygen atoms in total. The summed E-state index contributed by atoms with van der Waals surface area (Å²) in [5, 5.41) is 6.66. The van der Waals surface area contributed by atoms with Gasteiger partial charge in [-0.1, -0.05) is 45.7 Å². The number of anilines is 1. The smallest absolute Gasteiger partial charge is 0.318 e. The molecule has 0 saturated heterocycles. The molecule has 0 aliphatic carbocycles. The zero-order valence-corrected chi connectivity index (χ0v) is 13.6. The van der Waals surface area contributed by atoms with E-state index in [0.717, 1.165) is 4.47 Å². The van der Waals surface area contributed by atoms with Crippen LogP contribution >= 0.6 is 27.5 Å². The summed E-state index contributed by atoms with van der Waals surface area (Å²) in [6, 6.07) is 13.8. The second-order valence-corrected chi connectivity index (χ2v) is 5.50. The highest BCUT2D eigenvalue weighted by molar-refractivity contribution is 9.10. The Morgan fingerprint density at radius 3 is 2.41 bits per heavy atom. The van der Waals surface area contributed by atoms with Crippen LogP contribution in [0.3, 0.4) is 0 Å². The van der Waals surface area contributed by atoms with Gasteiger partial charge in [0.25, 0.3) is 0 Å². The summed E-state index contributed by atoms with van der Waals surface area (Å²) in [7, 11) is 0. The molecule has 0 aromatic heterocycles. The van der Waals surface area contributed by atoms with Crippen LogP contribution in [0.15, 0.2) is 58.1 Å². The fourth-order valence-corrected chi connectivity index (χ4v) is 1.96. The Bertz CT molecular complexity index is 717. The van der Waals surface area contributed by atoms with Gasteiger partial charge in [-0.25, -0.2) is 5.43 Å².